The molecule has 2 fully saturated rings. The largest absolute Gasteiger partial charge is 0.457 e. The summed E-state index contributed by atoms with van der Waals surface area (Å²) in [5, 5.41) is 5.81. The predicted molar refractivity (Wildman–Crippen MR) is 129 cm³/mol. The Hall–Kier alpha value is -2.42. The summed E-state index contributed by atoms with van der Waals surface area (Å²) >= 11 is 0. The topological polar surface area (TPSA) is 91.8 Å². The van der Waals surface area contributed by atoms with Gasteiger partial charge in [-0.2, -0.15) is 0 Å². The van der Waals surface area contributed by atoms with Crippen LogP contribution >= 0.6 is 0 Å². The third-order valence-corrected chi connectivity index (χ3v) is 6.79. The van der Waals surface area contributed by atoms with Crippen molar-refractivity contribution < 1.29 is 4.74 Å². The Morgan fingerprint density at radius 2 is 1.75 bits per heavy atom. The number of hydrogen-bond donors (Lipinski definition) is 4. The number of nitrogens with two attached hydrogens (primary N) is 2. The van der Waals surface area contributed by atoms with E-state index in [4.69, 9.17) is 16.2 Å². The van der Waals surface area contributed by atoms with Gasteiger partial charge in [0.05, 0.1) is 12.2 Å². The van der Waals surface area contributed by atoms with Crippen molar-refractivity contribution >= 4 is 0 Å². The lowest BCUT2D eigenvalue weighted by Gasteiger charge is -2.59. The fourth-order valence-electron chi connectivity index (χ4n) is 5.17. The van der Waals surface area contributed by atoms with E-state index in [-0.39, 0.29) is 12.2 Å². The molecule has 2 aromatic rings. The third-order valence-electron chi connectivity index (χ3n) is 6.79. The van der Waals surface area contributed by atoms with E-state index < -0.39 is 0 Å². The molecule has 4 rings (SSSR count). The molecule has 2 aromatic carbocycles. The van der Waals surface area contributed by atoms with Crippen LogP contribution < -0.4 is 26.9 Å². The van der Waals surface area contributed by atoms with E-state index in [1.807, 2.05) is 73.7 Å². The number of hydrogen-bond acceptors (Lipinski definition) is 7. The minimum absolute atomic E-state index is 0.0969. The quantitative estimate of drug-likeness (QED) is 0.354. The molecule has 0 amide bonds. The van der Waals surface area contributed by atoms with Gasteiger partial charge in [0.2, 0.25) is 0 Å². The number of likely N-dealkylation sites (tertiary alicyclic amines) is 1. The summed E-state index contributed by atoms with van der Waals surface area (Å²) in [6.07, 6.45) is 3.95. The first-order chi connectivity index (χ1) is 15.4. The molecular formula is C25H36N6O. The first kappa shape index (κ1) is 22.8. The van der Waals surface area contributed by atoms with Gasteiger partial charge in [-0.15, -0.1) is 0 Å². The maximum Gasteiger partial charge on any atom is 0.127 e. The Balaban J connectivity index is 1.42. The zero-order chi connectivity index (χ0) is 22.7. The number of nitrogens with zero attached hydrogens (tertiary/aromatic N) is 2. The van der Waals surface area contributed by atoms with Crippen LogP contribution in [0.5, 0.6) is 11.5 Å². The number of nitrogens with one attached hydrogen (secondary N) is 2. The van der Waals surface area contributed by atoms with Gasteiger partial charge in [-0.3, -0.25) is 10.7 Å². The van der Waals surface area contributed by atoms with Crippen LogP contribution in [0.1, 0.15) is 24.4 Å². The van der Waals surface area contributed by atoms with Crippen molar-refractivity contribution in [2.75, 3.05) is 34.2 Å². The molecule has 0 bridgehead atoms. The van der Waals surface area contributed by atoms with E-state index in [0.29, 0.717) is 11.5 Å². The lowest BCUT2D eigenvalue weighted by molar-refractivity contribution is -0.0714. The normalized spacial score (nSPS) is 20.6. The molecule has 172 valence electrons. The van der Waals surface area contributed by atoms with Crippen molar-refractivity contribution in [2.24, 2.45) is 16.9 Å². The summed E-state index contributed by atoms with van der Waals surface area (Å²) in [6, 6.07) is 17.8. The number of para-hydroxylation sites is 1. The Bertz CT molecular complexity index is 902. The predicted octanol–water partition coefficient (Wildman–Crippen LogP) is 2.40. The minimum atomic E-state index is -0.331. The first-order valence-corrected chi connectivity index (χ1v) is 11.3. The number of likely N-dealkylation sites (N-methyl/N-ethyl adjacent to an activating group) is 1. The molecule has 2 aliphatic rings. The van der Waals surface area contributed by atoms with Crippen LogP contribution in [0, 0.1) is 5.41 Å². The average Bonchev–Trinajstić information content (AvgIpc) is 2.76. The second-order valence-electron chi connectivity index (χ2n) is 9.31. The van der Waals surface area contributed by atoms with Gasteiger partial charge in [-0.05, 0) is 74.0 Å². The van der Waals surface area contributed by atoms with Gasteiger partial charge >= 0.3 is 0 Å². The van der Waals surface area contributed by atoms with Crippen LogP contribution in [-0.4, -0.2) is 56.3 Å². The van der Waals surface area contributed by atoms with E-state index >= 15 is 0 Å². The molecule has 1 aliphatic carbocycles. The standard InChI is InChI=1S/C25H36N6O/c1-28-31(3)24(29-19-13-25(14-19)16-30(2)17-25)22(15-26)23(27)18-9-11-21(12-10-18)32-20-7-5-4-6-8-20/h4-12,15,19,23-24,28-29H,13-14,16-17,26-27H2,1-3H3/b22-15-. The van der Waals surface area contributed by atoms with Gasteiger partial charge in [0.1, 0.15) is 11.5 Å². The monoisotopic (exact) mass is 436 g/mol. The van der Waals surface area contributed by atoms with Gasteiger partial charge in [0.15, 0.2) is 0 Å². The smallest absolute Gasteiger partial charge is 0.127 e. The Kier molecular flexibility index (Phi) is 6.83. The summed E-state index contributed by atoms with van der Waals surface area (Å²) in [5.41, 5.74) is 18.5. The molecule has 1 heterocycles. The van der Waals surface area contributed by atoms with E-state index in [2.05, 4.69) is 22.7 Å². The van der Waals surface area contributed by atoms with Gasteiger partial charge in [0.25, 0.3) is 0 Å². The van der Waals surface area contributed by atoms with Gasteiger partial charge in [-0.25, -0.2) is 5.01 Å². The number of ether oxygens (including phenoxy) is 1. The van der Waals surface area contributed by atoms with E-state index in [1.54, 1.807) is 6.20 Å². The molecule has 0 radical (unpaired) electrons. The fraction of sp³-hybridized carbons (Fsp3) is 0.440. The highest BCUT2D eigenvalue weighted by Crippen LogP contribution is 2.48. The van der Waals surface area contributed by atoms with Gasteiger partial charge < -0.3 is 21.1 Å². The highest BCUT2D eigenvalue weighted by atomic mass is 16.5. The highest BCUT2D eigenvalue weighted by molar-refractivity contribution is 5.37. The van der Waals surface area contributed by atoms with Crippen LogP contribution in [0.2, 0.25) is 0 Å². The molecule has 0 aromatic heterocycles. The van der Waals surface area contributed by atoms with E-state index in [0.717, 1.165) is 22.6 Å². The van der Waals surface area contributed by atoms with Gasteiger partial charge in [-0.1, -0.05) is 30.3 Å². The van der Waals surface area contributed by atoms with E-state index in [9.17, 15) is 0 Å². The molecule has 7 nitrogen and oxygen atoms in total. The zero-order valence-corrected chi connectivity index (χ0v) is 19.3. The first-order valence-electron chi connectivity index (χ1n) is 11.3. The Morgan fingerprint density at radius 3 is 2.31 bits per heavy atom. The third kappa shape index (κ3) is 4.82. The average molecular weight is 437 g/mol. The minimum Gasteiger partial charge on any atom is -0.457 e. The Labute approximate surface area is 191 Å². The molecule has 1 aliphatic heterocycles. The van der Waals surface area contributed by atoms with Crippen LogP contribution in [0.3, 0.4) is 0 Å². The lowest BCUT2D eigenvalue weighted by Crippen LogP contribution is -2.67. The summed E-state index contributed by atoms with van der Waals surface area (Å²) in [5.74, 6) is 1.58. The van der Waals surface area contributed by atoms with Crippen molar-refractivity contribution in [1.29, 1.82) is 0 Å². The SMILES string of the molecule is CNN(C)C(NC1CC2(C1)CN(C)C2)/C(=C\N)C(N)c1ccc(Oc2ccccc2)cc1. The molecule has 2 unspecified atom stereocenters. The summed E-state index contributed by atoms with van der Waals surface area (Å²) < 4.78 is 5.91. The van der Waals surface area contributed by atoms with Crippen molar-refractivity contribution in [3.05, 3.63) is 71.9 Å². The van der Waals surface area contributed by atoms with Crippen LogP contribution in [0.4, 0.5) is 0 Å². The molecule has 32 heavy (non-hydrogen) atoms. The molecule has 1 saturated heterocycles. The second kappa shape index (κ2) is 9.60. The van der Waals surface area contributed by atoms with Crippen LogP contribution in [0.25, 0.3) is 0 Å². The molecular weight excluding hydrogens is 400 g/mol. The summed E-state index contributed by atoms with van der Waals surface area (Å²) in [6.45, 7) is 2.41. The summed E-state index contributed by atoms with van der Waals surface area (Å²) in [4.78, 5) is 2.39. The number of benzene rings is 2. The van der Waals surface area contributed by atoms with E-state index in [1.165, 1.54) is 25.9 Å². The zero-order valence-electron chi connectivity index (χ0n) is 19.3. The van der Waals surface area contributed by atoms with Crippen LogP contribution in [0.15, 0.2) is 66.4 Å². The molecule has 6 N–H and O–H groups in total. The van der Waals surface area contributed by atoms with Crippen molar-refractivity contribution in [3.8, 4) is 11.5 Å². The van der Waals surface area contributed by atoms with Crippen molar-refractivity contribution in [3.63, 3.8) is 0 Å². The number of rotatable bonds is 9. The molecule has 2 atom stereocenters. The number of hydrazine groups is 1. The summed E-state index contributed by atoms with van der Waals surface area (Å²) in [7, 11) is 6.11. The van der Waals surface area contributed by atoms with Crippen molar-refractivity contribution in [2.45, 2.75) is 31.1 Å². The fourth-order valence-corrected chi connectivity index (χ4v) is 5.17. The lowest BCUT2D eigenvalue weighted by atomic mass is 9.61. The molecule has 1 spiro atoms. The van der Waals surface area contributed by atoms with Gasteiger partial charge in [0, 0.05) is 26.2 Å². The maximum absolute atomic E-state index is 6.70. The van der Waals surface area contributed by atoms with Crippen molar-refractivity contribution in [1.82, 2.24) is 20.7 Å². The Morgan fingerprint density at radius 1 is 1.12 bits per heavy atom. The maximum atomic E-state index is 6.70. The van der Waals surface area contributed by atoms with Crippen LogP contribution in [-0.2, 0) is 0 Å². The second-order valence-corrected chi connectivity index (χ2v) is 9.31. The molecule has 1 saturated carbocycles. The highest BCUT2D eigenvalue weighted by Gasteiger charge is 2.51. The molecule has 7 heteroatoms.